The highest BCUT2D eigenvalue weighted by atomic mass is 32.2. The molecule has 0 N–H and O–H groups in total. The van der Waals surface area contributed by atoms with Crippen molar-refractivity contribution in [2.24, 2.45) is 0 Å². The number of ether oxygens (including phenoxy) is 1. The standard InChI is InChI=1S/C13H19NO4S2/c1-3-10-7-8-12(19-10)20(16,17)14-9-5-4-6-11(14)13(15)18-2/h7-8,11H,3-6,9H2,1-2H3/t11-/m1/s1. The Morgan fingerprint density at radius 3 is 2.80 bits per heavy atom. The number of carbonyl (C=O) groups is 1. The Morgan fingerprint density at radius 2 is 2.20 bits per heavy atom. The third kappa shape index (κ3) is 2.89. The highest BCUT2D eigenvalue weighted by Gasteiger charge is 2.38. The van der Waals surface area contributed by atoms with Crippen molar-refractivity contribution in [3.8, 4) is 0 Å². The van der Waals surface area contributed by atoms with Crippen LogP contribution in [0.25, 0.3) is 0 Å². The molecule has 0 radical (unpaired) electrons. The lowest BCUT2D eigenvalue weighted by atomic mass is 10.1. The Balaban J connectivity index is 2.32. The molecular weight excluding hydrogens is 298 g/mol. The first-order valence-corrected chi connectivity index (χ1v) is 8.94. The van der Waals surface area contributed by atoms with Gasteiger partial charge >= 0.3 is 5.97 Å². The van der Waals surface area contributed by atoms with Crippen molar-refractivity contribution in [1.82, 2.24) is 4.31 Å². The van der Waals surface area contributed by atoms with Crippen molar-refractivity contribution in [3.05, 3.63) is 17.0 Å². The van der Waals surface area contributed by atoms with Gasteiger partial charge in [0.2, 0.25) is 0 Å². The number of thiophene rings is 1. The second-order valence-electron chi connectivity index (χ2n) is 4.72. The maximum Gasteiger partial charge on any atom is 0.324 e. The van der Waals surface area contributed by atoms with Crippen LogP contribution in [0.4, 0.5) is 0 Å². The van der Waals surface area contributed by atoms with Crippen molar-refractivity contribution < 1.29 is 17.9 Å². The molecule has 0 aliphatic carbocycles. The minimum absolute atomic E-state index is 0.310. The van der Waals surface area contributed by atoms with Gasteiger partial charge < -0.3 is 4.74 Å². The second kappa shape index (κ2) is 6.24. The van der Waals surface area contributed by atoms with Crippen LogP contribution in [0.1, 0.15) is 31.1 Å². The van der Waals surface area contributed by atoms with E-state index in [1.54, 1.807) is 6.07 Å². The largest absolute Gasteiger partial charge is 0.468 e. The molecule has 0 bridgehead atoms. The normalized spacial score (nSPS) is 20.8. The minimum Gasteiger partial charge on any atom is -0.468 e. The highest BCUT2D eigenvalue weighted by Crippen LogP contribution is 2.30. The van der Waals surface area contributed by atoms with Gasteiger partial charge in [0.05, 0.1) is 7.11 Å². The van der Waals surface area contributed by atoms with Gasteiger partial charge in [-0.1, -0.05) is 6.92 Å². The lowest BCUT2D eigenvalue weighted by Gasteiger charge is -2.32. The summed E-state index contributed by atoms with van der Waals surface area (Å²) in [6.07, 6.45) is 2.95. The summed E-state index contributed by atoms with van der Waals surface area (Å²) in [5, 5.41) is 0. The summed E-state index contributed by atoms with van der Waals surface area (Å²) in [6, 6.07) is 2.77. The van der Waals surface area contributed by atoms with Crippen LogP contribution in [-0.2, 0) is 26.0 Å². The van der Waals surface area contributed by atoms with Crippen LogP contribution in [0.5, 0.6) is 0 Å². The van der Waals surface area contributed by atoms with E-state index in [9.17, 15) is 13.2 Å². The monoisotopic (exact) mass is 317 g/mol. The fraction of sp³-hybridized carbons (Fsp3) is 0.615. The maximum atomic E-state index is 12.7. The Morgan fingerprint density at radius 1 is 1.45 bits per heavy atom. The van der Waals surface area contributed by atoms with Crippen LogP contribution in [0, 0.1) is 0 Å². The molecule has 0 saturated carbocycles. The third-order valence-electron chi connectivity index (χ3n) is 3.48. The molecule has 1 fully saturated rings. The summed E-state index contributed by atoms with van der Waals surface area (Å²) in [7, 11) is -2.31. The first-order chi connectivity index (χ1) is 9.50. The number of hydrogen-bond donors (Lipinski definition) is 0. The molecule has 2 heterocycles. The summed E-state index contributed by atoms with van der Waals surface area (Å²) < 4.78 is 31.7. The number of rotatable bonds is 4. The molecular formula is C13H19NO4S2. The van der Waals surface area contributed by atoms with Gasteiger partial charge in [0.15, 0.2) is 0 Å². The van der Waals surface area contributed by atoms with Gasteiger partial charge in [-0.2, -0.15) is 4.31 Å². The van der Waals surface area contributed by atoms with E-state index in [4.69, 9.17) is 4.74 Å². The SMILES string of the molecule is CCc1ccc(S(=O)(=O)N2CCCC[C@@H]2C(=O)OC)s1. The molecule has 0 spiro atoms. The summed E-state index contributed by atoms with van der Waals surface area (Å²) in [6.45, 7) is 2.36. The molecule has 0 amide bonds. The van der Waals surface area contributed by atoms with Crippen molar-refractivity contribution in [2.45, 2.75) is 42.9 Å². The zero-order chi connectivity index (χ0) is 14.8. The van der Waals surface area contributed by atoms with Crippen molar-refractivity contribution in [2.75, 3.05) is 13.7 Å². The molecule has 1 atom stereocenters. The summed E-state index contributed by atoms with van der Waals surface area (Å²) in [5.74, 6) is -0.472. The number of nitrogens with zero attached hydrogens (tertiary/aromatic N) is 1. The molecule has 0 aromatic carbocycles. The fourth-order valence-corrected chi connectivity index (χ4v) is 5.44. The van der Waals surface area contributed by atoms with Gasteiger partial charge in [-0.3, -0.25) is 4.79 Å². The third-order valence-corrected chi connectivity index (χ3v) is 7.08. The van der Waals surface area contributed by atoms with Gasteiger partial charge in [0.1, 0.15) is 10.3 Å². The van der Waals surface area contributed by atoms with Crippen LogP contribution in [0.15, 0.2) is 16.3 Å². The molecule has 1 aliphatic rings. The Kier molecular flexibility index (Phi) is 4.82. The van der Waals surface area contributed by atoms with Gasteiger partial charge in [0, 0.05) is 11.4 Å². The first-order valence-electron chi connectivity index (χ1n) is 6.69. The van der Waals surface area contributed by atoms with E-state index in [1.807, 2.05) is 13.0 Å². The van der Waals surface area contributed by atoms with Crippen molar-refractivity contribution in [1.29, 1.82) is 0 Å². The predicted octanol–water partition coefficient (Wildman–Crippen LogP) is 2.03. The van der Waals surface area contributed by atoms with E-state index in [0.29, 0.717) is 17.2 Å². The molecule has 2 rings (SSSR count). The molecule has 20 heavy (non-hydrogen) atoms. The van der Waals surface area contributed by atoms with Gasteiger partial charge in [-0.15, -0.1) is 11.3 Å². The van der Waals surface area contributed by atoms with E-state index >= 15 is 0 Å². The number of aryl methyl sites for hydroxylation is 1. The highest BCUT2D eigenvalue weighted by molar-refractivity contribution is 7.91. The number of hydrogen-bond acceptors (Lipinski definition) is 5. The van der Waals surface area contributed by atoms with Gasteiger partial charge in [-0.25, -0.2) is 8.42 Å². The average Bonchev–Trinajstić information content (AvgIpc) is 2.96. The predicted molar refractivity (Wildman–Crippen MR) is 77.2 cm³/mol. The van der Waals surface area contributed by atoms with Gasteiger partial charge in [0.25, 0.3) is 10.0 Å². The molecule has 1 saturated heterocycles. The maximum absolute atomic E-state index is 12.7. The molecule has 112 valence electrons. The summed E-state index contributed by atoms with van der Waals surface area (Å²) in [5.41, 5.74) is 0. The van der Waals surface area contributed by atoms with E-state index < -0.39 is 22.0 Å². The molecule has 0 unspecified atom stereocenters. The minimum atomic E-state index is -3.60. The molecule has 7 heteroatoms. The smallest absolute Gasteiger partial charge is 0.324 e. The zero-order valence-electron chi connectivity index (χ0n) is 11.7. The van der Waals surface area contributed by atoms with Crippen molar-refractivity contribution in [3.63, 3.8) is 0 Å². The van der Waals surface area contributed by atoms with Crippen LogP contribution in [-0.4, -0.2) is 38.4 Å². The summed E-state index contributed by atoms with van der Waals surface area (Å²) in [4.78, 5) is 12.8. The average molecular weight is 317 g/mol. The van der Waals surface area contributed by atoms with Crippen LogP contribution in [0.2, 0.25) is 0 Å². The number of esters is 1. The number of carbonyl (C=O) groups excluding carboxylic acids is 1. The van der Waals surface area contributed by atoms with E-state index in [1.165, 1.54) is 22.8 Å². The first kappa shape index (κ1) is 15.5. The molecule has 1 aromatic heterocycles. The van der Waals surface area contributed by atoms with Crippen LogP contribution >= 0.6 is 11.3 Å². The lowest BCUT2D eigenvalue weighted by Crippen LogP contribution is -2.48. The van der Waals surface area contributed by atoms with E-state index in [2.05, 4.69) is 0 Å². The van der Waals surface area contributed by atoms with Crippen LogP contribution < -0.4 is 0 Å². The second-order valence-corrected chi connectivity index (χ2v) is 8.01. The Hall–Kier alpha value is -0.920. The Bertz CT molecular complexity index is 579. The molecule has 1 aromatic rings. The van der Waals surface area contributed by atoms with E-state index in [-0.39, 0.29) is 0 Å². The number of sulfonamides is 1. The summed E-state index contributed by atoms with van der Waals surface area (Å²) >= 11 is 1.27. The quantitative estimate of drug-likeness (QED) is 0.797. The molecule has 5 nitrogen and oxygen atoms in total. The van der Waals surface area contributed by atoms with E-state index in [0.717, 1.165) is 24.1 Å². The molecule has 1 aliphatic heterocycles. The Labute approximate surface area is 123 Å². The zero-order valence-corrected chi connectivity index (χ0v) is 13.3. The lowest BCUT2D eigenvalue weighted by molar-refractivity contribution is -0.146. The fourth-order valence-electron chi connectivity index (χ4n) is 2.37. The topological polar surface area (TPSA) is 63.7 Å². The van der Waals surface area contributed by atoms with Crippen LogP contribution in [0.3, 0.4) is 0 Å². The number of piperidine rings is 1. The van der Waals surface area contributed by atoms with Gasteiger partial charge in [-0.05, 0) is 37.8 Å². The number of methoxy groups -OCH3 is 1. The van der Waals surface area contributed by atoms with Crippen molar-refractivity contribution >= 4 is 27.3 Å².